The molecule has 7 heteroatoms. The van der Waals surface area contributed by atoms with Crippen molar-refractivity contribution in [1.29, 1.82) is 0 Å². The van der Waals surface area contributed by atoms with Gasteiger partial charge in [0.1, 0.15) is 11.5 Å². The molecule has 1 fully saturated rings. The Hall–Kier alpha value is -1.41. The van der Waals surface area contributed by atoms with Crippen molar-refractivity contribution >= 4 is 58.2 Å². The van der Waals surface area contributed by atoms with Crippen LogP contribution in [0.25, 0.3) is 6.08 Å². The summed E-state index contributed by atoms with van der Waals surface area (Å²) >= 11 is 7.28. The summed E-state index contributed by atoms with van der Waals surface area (Å²) in [4.78, 5) is 12.2. The SMILES string of the molecule is COc1ccc(/C=C/C(=O)SCCCSC(C=C2SCCCS2)c2ccc(OC)cc2)cc1. The minimum atomic E-state index is 0.0969. The predicted octanol–water partition coefficient (Wildman–Crippen LogP) is 7.55. The Morgan fingerprint density at radius 2 is 1.61 bits per heavy atom. The van der Waals surface area contributed by atoms with Gasteiger partial charge in [-0.3, -0.25) is 4.79 Å². The van der Waals surface area contributed by atoms with Gasteiger partial charge in [0.25, 0.3) is 0 Å². The van der Waals surface area contributed by atoms with E-state index in [0.29, 0.717) is 5.25 Å². The monoisotopic (exact) mass is 518 g/mol. The summed E-state index contributed by atoms with van der Waals surface area (Å²) in [6.07, 6.45) is 8.20. The Labute approximate surface area is 214 Å². The van der Waals surface area contributed by atoms with Gasteiger partial charge in [0.2, 0.25) is 5.12 Å². The maximum absolute atomic E-state index is 12.2. The summed E-state index contributed by atoms with van der Waals surface area (Å²) in [5.74, 6) is 5.96. The van der Waals surface area contributed by atoms with Crippen molar-refractivity contribution < 1.29 is 14.3 Å². The third-order valence-corrected chi connectivity index (χ3v) is 9.61. The molecule has 1 heterocycles. The molecule has 1 aliphatic rings. The van der Waals surface area contributed by atoms with Crippen molar-refractivity contribution in [1.82, 2.24) is 0 Å². The zero-order valence-electron chi connectivity index (χ0n) is 19.0. The van der Waals surface area contributed by atoms with E-state index in [2.05, 4.69) is 18.2 Å². The molecule has 1 aliphatic heterocycles. The summed E-state index contributed by atoms with van der Waals surface area (Å²) in [7, 11) is 3.34. The van der Waals surface area contributed by atoms with Crippen LogP contribution in [-0.2, 0) is 4.79 Å². The lowest BCUT2D eigenvalue weighted by molar-refractivity contribution is -0.107. The first-order valence-corrected chi connectivity index (χ1v) is 14.9. The van der Waals surface area contributed by atoms with E-state index in [1.54, 1.807) is 20.3 Å². The molecule has 176 valence electrons. The quantitative estimate of drug-likeness (QED) is 0.224. The molecule has 0 aromatic heterocycles. The highest BCUT2D eigenvalue weighted by Crippen LogP contribution is 2.40. The van der Waals surface area contributed by atoms with Crippen molar-refractivity contribution in [3.63, 3.8) is 0 Å². The van der Waals surface area contributed by atoms with Gasteiger partial charge in [-0.05, 0) is 77.6 Å². The third-order valence-electron chi connectivity index (χ3n) is 4.87. The highest BCUT2D eigenvalue weighted by Gasteiger charge is 2.14. The van der Waals surface area contributed by atoms with Crippen LogP contribution in [0.1, 0.15) is 29.2 Å². The summed E-state index contributed by atoms with van der Waals surface area (Å²) in [6.45, 7) is 0. The molecular formula is C26H30O3S4. The van der Waals surface area contributed by atoms with Gasteiger partial charge in [-0.15, -0.1) is 35.3 Å². The van der Waals surface area contributed by atoms with Crippen molar-refractivity contribution in [2.24, 2.45) is 0 Å². The van der Waals surface area contributed by atoms with Gasteiger partial charge < -0.3 is 9.47 Å². The number of hydrogen-bond donors (Lipinski definition) is 0. The van der Waals surface area contributed by atoms with Crippen LogP contribution in [0.3, 0.4) is 0 Å². The second-order valence-corrected chi connectivity index (χ2v) is 12.1. The number of thioether (sulfide) groups is 4. The normalized spacial score (nSPS) is 14.8. The average molecular weight is 519 g/mol. The summed E-state index contributed by atoms with van der Waals surface area (Å²) < 4.78 is 11.9. The molecule has 1 unspecified atom stereocenters. The van der Waals surface area contributed by atoms with Gasteiger partial charge in [0.15, 0.2) is 0 Å². The molecular weight excluding hydrogens is 489 g/mol. The molecule has 1 saturated heterocycles. The molecule has 0 aliphatic carbocycles. The van der Waals surface area contributed by atoms with E-state index in [1.165, 1.54) is 39.5 Å². The molecule has 1 atom stereocenters. The molecule has 0 amide bonds. The lowest BCUT2D eigenvalue weighted by Gasteiger charge is -2.18. The van der Waals surface area contributed by atoms with Crippen molar-refractivity contribution in [3.05, 3.63) is 76.0 Å². The molecule has 0 saturated carbocycles. The van der Waals surface area contributed by atoms with E-state index in [0.717, 1.165) is 35.0 Å². The summed E-state index contributed by atoms with van der Waals surface area (Å²) in [5.41, 5.74) is 2.29. The molecule has 3 rings (SSSR count). The summed E-state index contributed by atoms with van der Waals surface area (Å²) in [5, 5.41) is 0.416. The predicted molar refractivity (Wildman–Crippen MR) is 150 cm³/mol. The smallest absolute Gasteiger partial charge is 0.212 e. The second-order valence-electron chi connectivity index (χ2n) is 7.23. The van der Waals surface area contributed by atoms with E-state index in [-0.39, 0.29) is 5.12 Å². The molecule has 0 N–H and O–H groups in total. The van der Waals surface area contributed by atoms with E-state index in [9.17, 15) is 4.79 Å². The highest BCUT2D eigenvalue weighted by atomic mass is 32.2. The number of benzene rings is 2. The summed E-state index contributed by atoms with van der Waals surface area (Å²) in [6, 6.07) is 16.1. The van der Waals surface area contributed by atoms with Crippen molar-refractivity contribution in [2.75, 3.05) is 37.2 Å². The van der Waals surface area contributed by atoms with Crippen LogP contribution >= 0.6 is 47.0 Å². The first-order valence-electron chi connectivity index (χ1n) is 10.9. The Balaban J connectivity index is 1.46. The molecule has 2 aromatic carbocycles. The maximum atomic E-state index is 12.2. The van der Waals surface area contributed by atoms with Gasteiger partial charge in [-0.25, -0.2) is 0 Å². The van der Waals surface area contributed by atoms with Gasteiger partial charge in [-0.1, -0.05) is 42.1 Å². The van der Waals surface area contributed by atoms with Gasteiger partial charge in [-0.2, -0.15) is 0 Å². The number of hydrogen-bond acceptors (Lipinski definition) is 7. The number of carbonyl (C=O) groups excluding carboxylic acids is 1. The number of rotatable bonds is 11. The van der Waals surface area contributed by atoms with E-state index in [1.807, 2.05) is 77.8 Å². The Morgan fingerprint density at radius 1 is 0.970 bits per heavy atom. The Bertz CT molecular complexity index is 916. The Kier molecular flexibility index (Phi) is 11.7. The van der Waals surface area contributed by atoms with Crippen molar-refractivity contribution in [2.45, 2.75) is 18.1 Å². The average Bonchev–Trinajstić information content (AvgIpc) is 2.87. The van der Waals surface area contributed by atoms with Gasteiger partial charge in [0.05, 0.1) is 14.2 Å². The Morgan fingerprint density at radius 3 is 2.24 bits per heavy atom. The van der Waals surface area contributed by atoms with Crippen LogP contribution in [-0.4, -0.2) is 42.3 Å². The van der Waals surface area contributed by atoms with Crippen LogP contribution in [0.4, 0.5) is 0 Å². The van der Waals surface area contributed by atoms with Crippen LogP contribution in [0, 0.1) is 0 Å². The van der Waals surface area contributed by atoms with Crippen LogP contribution < -0.4 is 9.47 Å². The fourth-order valence-electron chi connectivity index (χ4n) is 3.07. The standard InChI is InChI=1S/C26H30O3S4/c1-28-22-10-5-20(6-11-22)7-14-25(27)31-16-3-15-30-24(19-26-32-17-4-18-33-26)21-8-12-23(29-2)13-9-21/h5-14,19,24H,3-4,15-18H2,1-2H3/b14-7+. The zero-order chi connectivity index (χ0) is 23.3. The molecule has 0 radical (unpaired) electrons. The molecule has 2 aromatic rings. The highest BCUT2D eigenvalue weighted by molar-refractivity contribution is 8.22. The largest absolute Gasteiger partial charge is 0.497 e. The number of methoxy groups -OCH3 is 2. The number of ether oxygens (including phenoxy) is 2. The second kappa shape index (κ2) is 14.8. The molecule has 3 nitrogen and oxygen atoms in total. The number of carbonyl (C=O) groups is 1. The fraction of sp³-hybridized carbons (Fsp3) is 0.346. The van der Waals surface area contributed by atoms with E-state index in [4.69, 9.17) is 9.47 Å². The third kappa shape index (κ3) is 9.39. The molecule has 0 bridgehead atoms. The lowest BCUT2D eigenvalue weighted by atomic mass is 10.1. The van der Waals surface area contributed by atoms with Crippen LogP contribution in [0.15, 0.2) is 64.9 Å². The molecule has 0 spiro atoms. The van der Waals surface area contributed by atoms with Crippen molar-refractivity contribution in [3.8, 4) is 11.5 Å². The minimum absolute atomic E-state index is 0.0969. The maximum Gasteiger partial charge on any atom is 0.212 e. The van der Waals surface area contributed by atoms with Crippen LogP contribution in [0.2, 0.25) is 0 Å². The zero-order valence-corrected chi connectivity index (χ0v) is 22.3. The van der Waals surface area contributed by atoms with Gasteiger partial charge >= 0.3 is 0 Å². The van der Waals surface area contributed by atoms with E-state index < -0.39 is 0 Å². The van der Waals surface area contributed by atoms with Crippen LogP contribution in [0.5, 0.6) is 11.5 Å². The fourth-order valence-corrected chi connectivity index (χ4v) is 7.69. The van der Waals surface area contributed by atoms with E-state index >= 15 is 0 Å². The topological polar surface area (TPSA) is 35.5 Å². The first-order chi connectivity index (χ1) is 16.2. The first kappa shape index (κ1) is 26.2. The lowest BCUT2D eigenvalue weighted by Crippen LogP contribution is -1.98. The molecule has 33 heavy (non-hydrogen) atoms. The van der Waals surface area contributed by atoms with Gasteiger partial charge in [0, 0.05) is 15.2 Å². The minimum Gasteiger partial charge on any atom is -0.497 e.